The fourth-order valence-corrected chi connectivity index (χ4v) is 2.64. The molecule has 0 unspecified atom stereocenters. The van der Waals surface area contributed by atoms with Crippen molar-refractivity contribution >= 4 is 51.4 Å². The monoisotopic (exact) mass is 474 g/mol. The standard InChI is InChI=1S/C18H16BrFN8O2/c1-27(2)18-24-16(22-13-6-4-12(20)5-7-13)23-17(25-18)26-21-10-11-3-8-14(19)15(9-11)28(29)30/h3-10H,1-2H3,(H2,22,23,24,25,26). The van der Waals surface area contributed by atoms with Crippen molar-refractivity contribution in [1.82, 2.24) is 15.0 Å². The molecule has 0 amide bonds. The van der Waals surface area contributed by atoms with Crippen LogP contribution in [0.4, 0.5) is 33.6 Å². The number of aromatic nitrogens is 3. The van der Waals surface area contributed by atoms with Crippen molar-refractivity contribution in [2.24, 2.45) is 5.10 Å². The summed E-state index contributed by atoms with van der Waals surface area (Å²) in [5.74, 6) is 0.403. The Balaban J connectivity index is 1.80. The first-order valence-electron chi connectivity index (χ1n) is 8.51. The van der Waals surface area contributed by atoms with Crippen LogP contribution in [0.15, 0.2) is 52.0 Å². The molecule has 2 N–H and O–H groups in total. The summed E-state index contributed by atoms with van der Waals surface area (Å²) in [5, 5.41) is 18.0. The Morgan fingerprint density at radius 1 is 1.13 bits per heavy atom. The molecule has 0 radical (unpaired) electrons. The predicted octanol–water partition coefficient (Wildman–Crippen LogP) is 3.94. The Bertz CT molecular complexity index is 1090. The van der Waals surface area contributed by atoms with Crippen LogP contribution >= 0.6 is 15.9 Å². The Morgan fingerprint density at radius 3 is 2.50 bits per heavy atom. The molecule has 12 heteroatoms. The SMILES string of the molecule is CN(C)c1nc(NN=Cc2ccc(Br)c([N+](=O)[O-])c2)nc(Nc2ccc(F)cc2)n1. The first-order chi connectivity index (χ1) is 14.3. The van der Waals surface area contributed by atoms with Crippen molar-refractivity contribution in [3.8, 4) is 0 Å². The molecule has 0 fully saturated rings. The van der Waals surface area contributed by atoms with Crippen LogP contribution in [-0.4, -0.2) is 40.2 Å². The molecule has 2 aromatic carbocycles. The van der Waals surface area contributed by atoms with E-state index in [1.807, 2.05) is 0 Å². The van der Waals surface area contributed by atoms with Gasteiger partial charge in [-0.05, 0) is 46.3 Å². The van der Waals surface area contributed by atoms with Gasteiger partial charge < -0.3 is 10.2 Å². The van der Waals surface area contributed by atoms with Gasteiger partial charge in [0.25, 0.3) is 5.69 Å². The maximum absolute atomic E-state index is 13.1. The second kappa shape index (κ2) is 9.22. The van der Waals surface area contributed by atoms with E-state index in [1.54, 1.807) is 43.3 Å². The fraction of sp³-hybridized carbons (Fsp3) is 0.111. The molecule has 0 aliphatic heterocycles. The summed E-state index contributed by atoms with van der Waals surface area (Å²) in [6.07, 6.45) is 1.41. The van der Waals surface area contributed by atoms with Gasteiger partial charge >= 0.3 is 0 Å². The van der Waals surface area contributed by atoms with E-state index in [0.717, 1.165) is 0 Å². The number of hydrogen-bond acceptors (Lipinski definition) is 9. The molecule has 0 saturated carbocycles. The van der Waals surface area contributed by atoms with Crippen LogP contribution < -0.4 is 15.6 Å². The second-order valence-corrected chi connectivity index (χ2v) is 7.00. The second-order valence-electron chi connectivity index (χ2n) is 6.15. The molecule has 10 nitrogen and oxygen atoms in total. The summed E-state index contributed by atoms with van der Waals surface area (Å²) in [7, 11) is 3.54. The normalized spacial score (nSPS) is 10.8. The average molecular weight is 475 g/mol. The van der Waals surface area contributed by atoms with Gasteiger partial charge in [0, 0.05) is 31.4 Å². The van der Waals surface area contributed by atoms with E-state index < -0.39 is 4.92 Å². The molecule has 3 aromatic rings. The van der Waals surface area contributed by atoms with Crippen LogP contribution in [0.3, 0.4) is 0 Å². The molecular weight excluding hydrogens is 459 g/mol. The van der Waals surface area contributed by atoms with Crippen LogP contribution in [0.1, 0.15) is 5.56 Å². The third kappa shape index (κ3) is 5.44. The average Bonchev–Trinajstić information content (AvgIpc) is 2.70. The summed E-state index contributed by atoms with van der Waals surface area (Å²) >= 11 is 3.14. The third-order valence-electron chi connectivity index (χ3n) is 3.67. The number of benzene rings is 2. The Kier molecular flexibility index (Phi) is 6.47. The Labute approximate surface area is 179 Å². The minimum absolute atomic E-state index is 0.0696. The molecule has 0 aliphatic rings. The smallest absolute Gasteiger partial charge is 0.284 e. The number of halogens is 2. The zero-order valence-electron chi connectivity index (χ0n) is 15.9. The lowest BCUT2D eigenvalue weighted by Gasteiger charge is -2.13. The van der Waals surface area contributed by atoms with Crippen molar-refractivity contribution in [2.45, 2.75) is 0 Å². The van der Waals surface area contributed by atoms with Crippen molar-refractivity contribution in [3.63, 3.8) is 0 Å². The summed E-state index contributed by atoms with van der Waals surface area (Å²) in [6.45, 7) is 0. The molecular formula is C18H16BrFN8O2. The molecule has 154 valence electrons. The maximum Gasteiger partial charge on any atom is 0.284 e. The van der Waals surface area contributed by atoms with E-state index in [0.29, 0.717) is 21.7 Å². The van der Waals surface area contributed by atoms with E-state index in [9.17, 15) is 14.5 Å². The van der Waals surface area contributed by atoms with Crippen molar-refractivity contribution < 1.29 is 9.31 Å². The molecule has 0 spiro atoms. The van der Waals surface area contributed by atoms with Gasteiger partial charge in [-0.2, -0.15) is 20.1 Å². The zero-order chi connectivity index (χ0) is 21.7. The lowest BCUT2D eigenvalue weighted by atomic mass is 10.2. The molecule has 3 rings (SSSR count). The number of nitrogens with zero attached hydrogens (tertiary/aromatic N) is 6. The highest BCUT2D eigenvalue weighted by molar-refractivity contribution is 9.10. The highest BCUT2D eigenvalue weighted by Gasteiger charge is 2.12. The van der Waals surface area contributed by atoms with Gasteiger partial charge in [0.05, 0.1) is 15.6 Å². The van der Waals surface area contributed by atoms with Gasteiger partial charge in [0.1, 0.15) is 5.82 Å². The molecule has 0 aliphatic carbocycles. The maximum atomic E-state index is 13.1. The summed E-state index contributed by atoms with van der Waals surface area (Å²) in [6, 6.07) is 10.4. The van der Waals surface area contributed by atoms with Crippen LogP contribution in [0.5, 0.6) is 0 Å². The van der Waals surface area contributed by atoms with E-state index in [4.69, 9.17) is 0 Å². The minimum atomic E-state index is -0.489. The number of nitro groups is 1. The molecule has 1 heterocycles. The Hall–Kier alpha value is -3.67. The molecule has 0 atom stereocenters. The number of nitrogens with one attached hydrogen (secondary N) is 2. The number of rotatable bonds is 7. The number of anilines is 4. The number of nitro benzene ring substituents is 1. The molecule has 30 heavy (non-hydrogen) atoms. The van der Waals surface area contributed by atoms with Gasteiger partial charge in [-0.25, -0.2) is 9.82 Å². The lowest BCUT2D eigenvalue weighted by Crippen LogP contribution is -2.15. The minimum Gasteiger partial charge on any atom is -0.347 e. The van der Waals surface area contributed by atoms with Crippen LogP contribution in [0.25, 0.3) is 0 Å². The van der Waals surface area contributed by atoms with Gasteiger partial charge in [-0.1, -0.05) is 6.07 Å². The first-order valence-corrected chi connectivity index (χ1v) is 9.30. The van der Waals surface area contributed by atoms with Crippen molar-refractivity contribution in [3.05, 3.63) is 68.4 Å². The summed E-state index contributed by atoms with van der Waals surface area (Å²) < 4.78 is 13.5. The highest BCUT2D eigenvalue weighted by atomic mass is 79.9. The number of hydrogen-bond donors (Lipinski definition) is 2. The first kappa shape index (κ1) is 21.0. The van der Waals surface area contributed by atoms with Crippen molar-refractivity contribution in [2.75, 3.05) is 29.7 Å². The molecule has 1 aromatic heterocycles. The number of hydrazone groups is 1. The highest BCUT2D eigenvalue weighted by Crippen LogP contribution is 2.25. The summed E-state index contributed by atoms with van der Waals surface area (Å²) in [4.78, 5) is 25.0. The van der Waals surface area contributed by atoms with Crippen LogP contribution in [0.2, 0.25) is 0 Å². The van der Waals surface area contributed by atoms with Crippen LogP contribution in [-0.2, 0) is 0 Å². The summed E-state index contributed by atoms with van der Waals surface area (Å²) in [5.41, 5.74) is 3.73. The zero-order valence-corrected chi connectivity index (χ0v) is 17.5. The Morgan fingerprint density at radius 2 is 1.83 bits per heavy atom. The van der Waals surface area contributed by atoms with Crippen LogP contribution in [0, 0.1) is 15.9 Å². The predicted molar refractivity (Wildman–Crippen MR) is 116 cm³/mol. The van der Waals surface area contributed by atoms with Gasteiger partial charge in [-0.15, -0.1) is 0 Å². The lowest BCUT2D eigenvalue weighted by molar-refractivity contribution is -0.385. The third-order valence-corrected chi connectivity index (χ3v) is 4.34. The van der Waals surface area contributed by atoms with E-state index in [2.05, 4.69) is 46.7 Å². The largest absolute Gasteiger partial charge is 0.347 e. The van der Waals surface area contributed by atoms with Gasteiger partial charge in [0.15, 0.2) is 0 Å². The fourth-order valence-electron chi connectivity index (χ4n) is 2.25. The molecule has 0 saturated heterocycles. The van der Waals surface area contributed by atoms with Crippen molar-refractivity contribution in [1.29, 1.82) is 0 Å². The van der Waals surface area contributed by atoms with Gasteiger partial charge in [0.2, 0.25) is 17.8 Å². The topological polar surface area (TPSA) is 121 Å². The van der Waals surface area contributed by atoms with E-state index in [-0.39, 0.29) is 23.4 Å². The quantitative estimate of drug-likeness (QED) is 0.300. The van der Waals surface area contributed by atoms with Gasteiger partial charge in [-0.3, -0.25) is 10.1 Å². The van der Waals surface area contributed by atoms with E-state index in [1.165, 1.54) is 24.4 Å². The van der Waals surface area contributed by atoms with E-state index >= 15 is 0 Å². The molecule has 0 bridgehead atoms.